The van der Waals surface area contributed by atoms with Crippen LogP contribution in [0.3, 0.4) is 0 Å². The average Bonchev–Trinajstić information content (AvgIpc) is 2.60. The Kier molecular flexibility index (Phi) is 3.08. The Hall–Kier alpha value is -0.860. The van der Waals surface area contributed by atoms with Gasteiger partial charge in [-0.05, 0) is 35.4 Å². The summed E-state index contributed by atoms with van der Waals surface area (Å²) in [5.74, 6) is 0.657. The van der Waals surface area contributed by atoms with Gasteiger partial charge in [0.25, 0.3) is 0 Å². The van der Waals surface area contributed by atoms with Gasteiger partial charge in [-0.1, -0.05) is 25.1 Å². The largest absolute Gasteiger partial charge is 0.396 e. The minimum Gasteiger partial charge on any atom is -0.396 e. The molecule has 2 rings (SSSR count). The standard InChI is InChI=1S/C13H18O2/c1-9-2-3-10-8-11(4-5-12(9)10)13(15)6-7-14/h4-5,8-9,13-15H,2-3,6-7H2,1H3. The first-order chi connectivity index (χ1) is 7.22. The number of benzene rings is 1. The molecule has 0 saturated heterocycles. The van der Waals surface area contributed by atoms with Crippen molar-refractivity contribution in [1.29, 1.82) is 0 Å². The highest BCUT2D eigenvalue weighted by Gasteiger charge is 2.19. The molecule has 2 unspecified atom stereocenters. The molecule has 1 aromatic rings. The van der Waals surface area contributed by atoms with E-state index in [-0.39, 0.29) is 6.61 Å². The molecular weight excluding hydrogens is 188 g/mol. The first-order valence-corrected chi connectivity index (χ1v) is 5.64. The minimum absolute atomic E-state index is 0.0364. The van der Waals surface area contributed by atoms with Crippen molar-refractivity contribution < 1.29 is 10.2 Å². The first kappa shape index (κ1) is 10.7. The van der Waals surface area contributed by atoms with E-state index >= 15 is 0 Å². The quantitative estimate of drug-likeness (QED) is 0.795. The van der Waals surface area contributed by atoms with Crippen molar-refractivity contribution in [2.45, 2.75) is 38.2 Å². The monoisotopic (exact) mass is 206 g/mol. The molecule has 0 aromatic heterocycles. The summed E-state index contributed by atoms with van der Waals surface area (Å²) in [5.41, 5.74) is 3.74. The van der Waals surface area contributed by atoms with Crippen molar-refractivity contribution in [3.63, 3.8) is 0 Å². The van der Waals surface area contributed by atoms with Crippen LogP contribution in [0.15, 0.2) is 18.2 Å². The fourth-order valence-corrected chi connectivity index (χ4v) is 2.35. The van der Waals surface area contributed by atoms with Crippen LogP contribution in [0.25, 0.3) is 0 Å². The summed E-state index contributed by atoms with van der Waals surface area (Å²) in [6.45, 7) is 2.28. The Labute approximate surface area is 90.6 Å². The van der Waals surface area contributed by atoms with Crippen LogP contribution in [0.4, 0.5) is 0 Å². The summed E-state index contributed by atoms with van der Waals surface area (Å²) in [7, 11) is 0. The predicted molar refractivity (Wildman–Crippen MR) is 59.8 cm³/mol. The normalized spacial score (nSPS) is 21.4. The lowest BCUT2D eigenvalue weighted by molar-refractivity contribution is 0.134. The molecule has 1 aliphatic rings. The lowest BCUT2D eigenvalue weighted by atomic mass is 9.98. The van der Waals surface area contributed by atoms with Crippen molar-refractivity contribution in [2.24, 2.45) is 0 Å². The molecule has 2 heteroatoms. The molecule has 15 heavy (non-hydrogen) atoms. The van der Waals surface area contributed by atoms with E-state index in [1.165, 1.54) is 17.5 Å². The lowest BCUT2D eigenvalue weighted by Gasteiger charge is -2.12. The number of fused-ring (bicyclic) bond motifs is 1. The molecule has 0 amide bonds. The molecule has 0 heterocycles. The van der Waals surface area contributed by atoms with Crippen molar-refractivity contribution >= 4 is 0 Å². The van der Waals surface area contributed by atoms with Crippen LogP contribution < -0.4 is 0 Å². The number of aliphatic hydroxyl groups is 2. The van der Waals surface area contributed by atoms with Gasteiger partial charge in [0, 0.05) is 13.0 Å². The Bertz CT molecular complexity index is 346. The summed E-state index contributed by atoms with van der Waals surface area (Å²) in [6.07, 6.45) is 2.25. The third-order valence-electron chi connectivity index (χ3n) is 3.33. The molecule has 0 aliphatic heterocycles. The Balaban J connectivity index is 2.23. The van der Waals surface area contributed by atoms with Gasteiger partial charge in [0.05, 0.1) is 6.10 Å². The maximum absolute atomic E-state index is 9.76. The third-order valence-corrected chi connectivity index (χ3v) is 3.33. The molecule has 82 valence electrons. The van der Waals surface area contributed by atoms with Crippen LogP contribution in [0.2, 0.25) is 0 Å². The zero-order valence-electron chi connectivity index (χ0n) is 9.11. The lowest BCUT2D eigenvalue weighted by Crippen LogP contribution is -2.01. The van der Waals surface area contributed by atoms with Crippen LogP contribution in [0.5, 0.6) is 0 Å². The second-order valence-electron chi connectivity index (χ2n) is 4.43. The van der Waals surface area contributed by atoms with Gasteiger partial charge in [-0.3, -0.25) is 0 Å². The minimum atomic E-state index is -0.517. The van der Waals surface area contributed by atoms with Crippen molar-refractivity contribution in [2.75, 3.05) is 6.61 Å². The summed E-state index contributed by atoms with van der Waals surface area (Å²) >= 11 is 0. The van der Waals surface area contributed by atoms with Crippen LogP contribution in [-0.2, 0) is 6.42 Å². The maximum Gasteiger partial charge on any atom is 0.0812 e. The smallest absolute Gasteiger partial charge is 0.0812 e. The molecule has 1 aliphatic carbocycles. The summed E-state index contributed by atoms with van der Waals surface area (Å²) in [4.78, 5) is 0. The van der Waals surface area contributed by atoms with Gasteiger partial charge in [-0.25, -0.2) is 0 Å². The average molecular weight is 206 g/mol. The third kappa shape index (κ3) is 2.06. The van der Waals surface area contributed by atoms with Crippen molar-refractivity contribution in [3.8, 4) is 0 Å². The van der Waals surface area contributed by atoms with E-state index in [4.69, 9.17) is 5.11 Å². The predicted octanol–water partition coefficient (Wildman–Crippen LogP) is 2.15. The zero-order chi connectivity index (χ0) is 10.8. The molecule has 2 N–H and O–H groups in total. The topological polar surface area (TPSA) is 40.5 Å². The van der Waals surface area contributed by atoms with Crippen molar-refractivity contribution in [1.82, 2.24) is 0 Å². The molecule has 1 aromatic carbocycles. The number of aryl methyl sites for hydroxylation is 1. The summed E-state index contributed by atoms with van der Waals surface area (Å²) in [5, 5.41) is 18.5. The van der Waals surface area contributed by atoms with Gasteiger partial charge in [-0.15, -0.1) is 0 Å². The summed E-state index contributed by atoms with van der Waals surface area (Å²) in [6, 6.07) is 6.21. The Morgan fingerprint density at radius 1 is 1.47 bits per heavy atom. The maximum atomic E-state index is 9.76. The van der Waals surface area contributed by atoms with E-state index < -0.39 is 6.10 Å². The van der Waals surface area contributed by atoms with Crippen LogP contribution in [0, 0.1) is 0 Å². The number of rotatable bonds is 3. The van der Waals surface area contributed by atoms with Crippen molar-refractivity contribution in [3.05, 3.63) is 34.9 Å². The highest BCUT2D eigenvalue weighted by molar-refractivity contribution is 5.38. The molecule has 2 nitrogen and oxygen atoms in total. The number of hydrogen-bond donors (Lipinski definition) is 2. The van der Waals surface area contributed by atoms with Crippen LogP contribution in [-0.4, -0.2) is 16.8 Å². The van der Waals surface area contributed by atoms with Crippen LogP contribution in [0.1, 0.15) is 48.5 Å². The molecule has 2 atom stereocenters. The fraction of sp³-hybridized carbons (Fsp3) is 0.538. The van der Waals surface area contributed by atoms with Gasteiger partial charge in [-0.2, -0.15) is 0 Å². The van der Waals surface area contributed by atoms with Gasteiger partial charge in [0.2, 0.25) is 0 Å². The highest BCUT2D eigenvalue weighted by atomic mass is 16.3. The fourth-order valence-electron chi connectivity index (χ4n) is 2.35. The van der Waals surface area contributed by atoms with Gasteiger partial charge in [0.15, 0.2) is 0 Å². The molecule has 0 bridgehead atoms. The second kappa shape index (κ2) is 4.33. The van der Waals surface area contributed by atoms with E-state index in [1.54, 1.807) is 0 Å². The van der Waals surface area contributed by atoms with E-state index in [0.717, 1.165) is 12.0 Å². The van der Waals surface area contributed by atoms with Gasteiger partial charge in [0.1, 0.15) is 0 Å². The molecular formula is C13H18O2. The van der Waals surface area contributed by atoms with Crippen LogP contribution >= 0.6 is 0 Å². The van der Waals surface area contributed by atoms with E-state index in [9.17, 15) is 5.11 Å². The Morgan fingerprint density at radius 2 is 2.27 bits per heavy atom. The zero-order valence-corrected chi connectivity index (χ0v) is 9.11. The Morgan fingerprint density at radius 3 is 3.00 bits per heavy atom. The molecule has 0 radical (unpaired) electrons. The summed E-state index contributed by atoms with van der Waals surface area (Å²) < 4.78 is 0. The molecule has 0 spiro atoms. The SMILES string of the molecule is CC1CCc2cc(C(O)CCO)ccc21. The van der Waals surface area contributed by atoms with E-state index in [0.29, 0.717) is 12.3 Å². The number of aliphatic hydroxyl groups excluding tert-OH is 2. The number of hydrogen-bond acceptors (Lipinski definition) is 2. The second-order valence-corrected chi connectivity index (χ2v) is 4.43. The molecule has 0 saturated carbocycles. The van der Waals surface area contributed by atoms with E-state index in [1.807, 2.05) is 6.07 Å². The molecule has 0 fully saturated rings. The first-order valence-electron chi connectivity index (χ1n) is 5.64. The highest BCUT2D eigenvalue weighted by Crippen LogP contribution is 2.34. The van der Waals surface area contributed by atoms with E-state index in [2.05, 4.69) is 19.1 Å². The van der Waals surface area contributed by atoms with Gasteiger partial charge >= 0.3 is 0 Å². The van der Waals surface area contributed by atoms with Gasteiger partial charge < -0.3 is 10.2 Å².